The topological polar surface area (TPSA) is 46.3 Å². The lowest BCUT2D eigenvalue weighted by atomic mass is 10.0. The van der Waals surface area contributed by atoms with Crippen molar-refractivity contribution in [3.8, 4) is 11.1 Å². The van der Waals surface area contributed by atoms with Gasteiger partial charge in [0.25, 0.3) is 0 Å². The van der Waals surface area contributed by atoms with E-state index < -0.39 is 0 Å². The Bertz CT molecular complexity index is 523. The second-order valence-corrected chi connectivity index (χ2v) is 3.77. The van der Waals surface area contributed by atoms with Gasteiger partial charge >= 0.3 is 0 Å². The van der Waals surface area contributed by atoms with Gasteiger partial charge in [0.2, 0.25) is 5.91 Å². The van der Waals surface area contributed by atoms with Crippen molar-refractivity contribution in [3.05, 3.63) is 54.6 Å². The molecule has 0 bridgehead atoms. The Hall–Kier alpha value is -2.13. The predicted molar refractivity (Wildman–Crippen MR) is 69.2 cm³/mol. The van der Waals surface area contributed by atoms with E-state index >= 15 is 0 Å². The van der Waals surface area contributed by atoms with Crippen LogP contribution in [-0.2, 0) is 4.79 Å². The smallest absolute Gasteiger partial charge is 0.238 e. The molecule has 2 aromatic carbocycles. The molecule has 0 aromatic heterocycles. The summed E-state index contributed by atoms with van der Waals surface area (Å²) in [5, 5.41) is 1.17. The van der Waals surface area contributed by atoms with Crippen LogP contribution in [0.5, 0.6) is 0 Å². The molecule has 0 aliphatic heterocycles. The van der Waals surface area contributed by atoms with Crippen molar-refractivity contribution in [1.82, 2.24) is 0 Å². The molecule has 1 amide bonds. The molecule has 2 rings (SSSR count). The first-order valence-corrected chi connectivity index (χ1v) is 5.40. The minimum absolute atomic E-state index is 0.187. The van der Waals surface area contributed by atoms with E-state index in [1.54, 1.807) is 0 Å². The molecular weight excluding hydrogens is 212 g/mol. The third-order valence-electron chi connectivity index (χ3n) is 2.59. The average molecular weight is 226 g/mol. The summed E-state index contributed by atoms with van der Waals surface area (Å²) in [6.07, 6.45) is 0. The van der Waals surface area contributed by atoms with Gasteiger partial charge < -0.3 is 0 Å². The summed E-state index contributed by atoms with van der Waals surface area (Å²) < 4.78 is 0. The number of hydrogen-bond acceptors (Lipinski definition) is 2. The van der Waals surface area contributed by atoms with Gasteiger partial charge in [0.15, 0.2) is 0 Å². The normalized spacial score (nSPS) is 10.0. The summed E-state index contributed by atoms with van der Waals surface area (Å²) in [6.45, 7) is 1.45. The maximum Gasteiger partial charge on any atom is 0.238 e. The van der Waals surface area contributed by atoms with Crippen LogP contribution in [0.4, 0.5) is 5.69 Å². The van der Waals surface area contributed by atoms with Gasteiger partial charge in [-0.3, -0.25) is 4.79 Å². The third-order valence-corrected chi connectivity index (χ3v) is 2.59. The highest BCUT2D eigenvalue weighted by Gasteiger charge is 2.11. The molecule has 0 aliphatic carbocycles. The number of hydrogen-bond donors (Lipinski definition) is 1. The van der Waals surface area contributed by atoms with Gasteiger partial charge in [-0.2, -0.15) is 0 Å². The highest BCUT2D eigenvalue weighted by Crippen LogP contribution is 2.29. The van der Waals surface area contributed by atoms with Crippen LogP contribution in [0.1, 0.15) is 6.92 Å². The van der Waals surface area contributed by atoms with Crippen LogP contribution in [0.25, 0.3) is 11.1 Å². The van der Waals surface area contributed by atoms with Crippen LogP contribution < -0.4 is 10.9 Å². The predicted octanol–water partition coefficient (Wildman–Crippen LogP) is 2.58. The molecule has 0 radical (unpaired) electrons. The van der Waals surface area contributed by atoms with Crippen LogP contribution in [0.3, 0.4) is 0 Å². The summed E-state index contributed by atoms with van der Waals surface area (Å²) >= 11 is 0. The second-order valence-electron chi connectivity index (χ2n) is 3.77. The average Bonchev–Trinajstić information content (AvgIpc) is 2.39. The molecule has 3 heteroatoms. The van der Waals surface area contributed by atoms with E-state index in [2.05, 4.69) is 0 Å². The number of anilines is 1. The molecule has 0 spiro atoms. The van der Waals surface area contributed by atoms with Gasteiger partial charge in [0, 0.05) is 12.5 Å². The molecule has 3 nitrogen and oxygen atoms in total. The number of hydrazine groups is 1. The quantitative estimate of drug-likeness (QED) is 0.486. The number of rotatable bonds is 2. The summed E-state index contributed by atoms with van der Waals surface area (Å²) in [5.41, 5.74) is 2.71. The summed E-state index contributed by atoms with van der Waals surface area (Å²) in [7, 11) is 0. The maximum atomic E-state index is 11.3. The van der Waals surface area contributed by atoms with E-state index in [0.29, 0.717) is 5.69 Å². The number of nitrogens with two attached hydrogens (primary N) is 1. The Labute approximate surface area is 100 Å². The summed E-state index contributed by atoms with van der Waals surface area (Å²) in [6, 6.07) is 17.4. The van der Waals surface area contributed by atoms with E-state index in [0.717, 1.165) is 11.1 Å². The summed E-state index contributed by atoms with van der Waals surface area (Å²) in [5.74, 6) is 5.57. The zero-order valence-corrected chi connectivity index (χ0v) is 9.63. The fourth-order valence-corrected chi connectivity index (χ4v) is 1.72. The lowest BCUT2D eigenvalue weighted by molar-refractivity contribution is -0.116. The second kappa shape index (κ2) is 4.80. The van der Waals surface area contributed by atoms with Gasteiger partial charge in [-0.25, -0.2) is 10.9 Å². The fourth-order valence-electron chi connectivity index (χ4n) is 1.72. The molecule has 0 fully saturated rings. The van der Waals surface area contributed by atoms with Crippen molar-refractivity contribution in [3.63, 3.8) is 0 Å². The van der Waals surface area contributed by atoms with Crippen molar-refractivity contribution in [1.29, 1.82) is 0 Å². The molecule has 0 aliphatic rings. The minimum atomic E-state index is -0.187. The maximum absolute atomic E-state index is 11.3. The van der Waals surface area contributed by atoms with Gasteiger partial charge in [-0.1, -0.05) is 48.5 Å². The van der Waals surface area contributed by atoms with Crippen molar-refractivity contribution in [2.75, 3.05) is 5.01 Å². The standard InChI is InChI=1S/C14H14N2O/c1-11(17)16(15)14-10-6-5-9-13(14)12-7-3-2-4-8-12/h2-10H,15H2,1H3. The first-order valence-electron chi connectivity index (χ1n) is 5.40. The van der Waals surface area contributed by atoms with Crippen LogP contribution >= 0.6 is 0 Å². The molecule has 0 saturated carbocycles. The highest BCUT2D eigenvalue weighted by atomic mass is 16.2. The van der Waals surface area contributed by atoms with E-state index in [-0.39, 0.29) is 5.91 Å². The molecule has 17 heavy (non-hydrogen) atoms. The molecule has 0 heterocycles. The highest BCUT2D eigenvalue weighted by molar-refractivity contribution is 5.95. The van der Waals surface area contributed by atoms with Gasteiger partial charge in [-0.15, -0.1) is 0 Å². The van der Waals surface area contributed by atoms with Crippen molar-refractivity contribution in [2.24, 2.45) is 5.84 Å². The minimum Gasteiger partial charge on any atom is -0.273 e. The molecule has 2 N–H and O–H groups in total. The van der Waals surface area contributed by atoms with Crippen molar-refractivity contribution in [2.45, 2.75) is 6.92 Å². The lowest BCUT2D eigenvalue weighted by Crippen LogP contribution is -2.35. The van der Waals surface area contributed by atoms with E-state index in [1.165, 1.54) is 11.9 Å². The van der Waals surface area contributed by atoms with Gasteiger partial charge in [0.1, 0.15) is 0 Å². The SMILES string of the molecule is CC(=O)N(N)c1ccccc1-c1ccccc1. The summed E-state index contributed by atoms with van der Waals surface area (Å²) in [4.78, 5) is 11.3. The van der Waals surface area contributed by atoms with Crippen molar-refractivity contribution >= 4 is 11.6 Å². The van der Waals surface area contributed by atoms with Gasteiger partial charge in [0.05, 0.1) is 5.69 Å². The Morgan fingerprint density at radius 1 is 1.00 bits per heavy atom. The largest absolute Gasteiger partial charge is 0.273 e. The molecule has 2 aromatic rings. The fraction of sp³-hybridized carbons (Fsp3) is 0.0714. The number of benzene rings is 2. The Morgan fingerprint density at radius 2 is 1.59 bits per heavy atom. The third kappa shape index (κ3) is 2.34. The Morgan fingerprint density at radius 3 is 2.24 bits per heavy atom. The van der Waals surface area contributed by atoms with Crippen LogP contribution in [0, 0.1) is 0 Å². The van der Waals surface area contributed by atoms with E-state index in [4.69, 9.17) is 5.84 Å². The van der Waals surface area contributed by atoms with Crippen LogP contribution in [-0.4, -0.2) is 5.91 Å². The molecule has 0 atom stereocenters. The molecular formula is C14H14N2O. The van der Waals surface area contributed by atoms with Crippen LogP contribution in [0.15, 0.2) is 54.6 Å². The Kier molecular flexibility index (Phi) is 3.21. The number of nitrogens with zero attached hydrogens (tertiary/aromatic N) is 1. The number of carbonyl (C=O) groups excluding carboxylic acids is 1. The van der Waals surface area contributed by atoms with Crippen LogP contribution in [0.2, 0.25) is 0 Å². The first kappa shape index (κ1) is 11.4. The molecule has 86 valence electrons. The number of amides is 1. The number of para-hydroxylation sites is 1. The Balaban J connectivity index is 2.52. The zero-order valence-electron chi connectivity index (χ0n) is 9.63. The van der Waals surface area contributed by atoms with E-state index in [9.17, 15) is 4.79 Å². The monoisotopic (exact) mass is 226 g/mol. The lowest BCUT2D eigenvalue weighted by Gasteiger charge is -2.18. The van der Waals surface area contributed by atoms with E-state index in [1.807, 2.05) is 54.6 Å². The van der Waals surface area contributed by atoms with Gasteiger partial charge in [-0.05, 0) is 11.6 Å². The number of carbonyl (C=O) groups is 1. The molecule has 0 unspecified atom stereocenters. The van der Waals surface area contributed by atoms with Crippen molar-refractivity contribution < 1.29 is 4.79 Å². The zero-order chi connectivity index (χ0) is 12.3. The molecule has 0 saturated heterocycles. The first-order chi connectivity index (χ1) is 8.20.